The normalized spacial score (nSPS) is 17.7. The lowest BCUT2D eigenvalue weighted by Crippen LogP contribution is -2.44. The van der Waals surface area contributed by atoms with Crippen molar-refractivity contribution >= 4 is 6.03 Å². The average Bonchev–Trinajstić information content (AvgIpc) is 3.52. The summed E-state index contributed by atoms with van der Waals surface area (Å²) in [7, 11) is 1.72. The van der Waals surface area contributed by atoms with Crippen molar-refractivity contribution in [1.29, 1.82) is 0 Å². The number of hydrogen-bond donors (Lipinski definition) is 1. The summed E-state index contributed by atoms with van der Waals surface area (Å²) in [6.07, 6.45) is 5.78. The Hall–Kier alpha value is -2.57. The van der Waals surface area contributed by atoms with E-state index in [1.54, 1.807) is 7.05 Å². The van der Waals surface area contributed by atoms with Crippen LogP contribution in [0.2, 0.25) is 0 Å². The van der Waals surface area contributed by atoms with E-state index in [2.05, 4.69) is 22.5 Å². The van der Waals surface area contributed by atoms with Gasteiger partial charge in [-0.15, -0.1) is 0 Å². The molecule has 7 nitrogen and oxygen atoms in total. The fourth-order valence-electron chi connectivity index (χ4n) is 4.04. The Morgan fingerprint density at radius 3 is 2.54 bits per heavy atom. The highest BCUT2D eigenvalue weighted by Gasteiger charge is 2.34. The highest BCUT2D eigenvalue weighted by Crippen LogP contribution is 2.37. The van der Waals surface area contributed by atoms with Crippen molar-refractivity contribution in [3.8, 4) is 0 Å². The molecule has 0 spiro atoms. The Balaban J connectivity index is 1.24. The van der Waals surface area contributed by atoms with Crippen LogP contribution in [0, 0.1) is 0 Å². The maximum atomic E-state index is 12.4. The van der Waals surface area contributed by atoms with Crippen molar-refractivity contribution < 1.29 is 4.79 Å². The molecule has 1 aliphatic heterocycles. The number of carbonyl (C=O) groups excluding carboxylic acids is 1. The van der Waals surface area contributed by atoms with Crippen LogP contribution in [0.5, 0.6) is 0 Å². The number of aromatic nitrogens is 3. The van der Waals surface area contributed by atoms with Crippen molar-refractivity contribution in [3.05, 3.63) is 52.2 Å². The zero-order valence-electron chi connectivity index (χ0n) is 16.5. The minimum absolute atomic E-state index is 0.00362. The minimum atomic E-state index is -0.00362. The molecule has 2 fully saturated rings. The lowest BCUT2D eigenvalue weighted by atomic mass is 9.96. The summed E-state index contributed by atoms with van der Waals surface area (Å²) < 4.78 is 3.35. The van der Waals surface area contributed by atoms with Crippen molar-refractivity contribution in [2.24, 2.45) is 7.05 Å². The van der Waals surface area contributed by atoms with E-state index < -0.39 is 0 Å². The van der Waals surface area contributed by atoms with Gasteiger partial charge < -0.3 is 10.2 Å². The Kier molecular flexibility index (Phi) is 5.50. The topological polar surface area (TPSA) is 72.2 Å². The van der Waals surface area contributed by atoms with Gasteiger partial charge in [-0.05, 0) is 44.1 Å². The van der Waals surface area contributed by atoms with E-state index in [1.807, 2.05) is 27.7 Å². The molecule has 1 N–H and O–H groups in total. The number of piperidine rings is 1. The first-order valence-electron chi connectivity index (χ1n) is 10.4. The van der Waals surface area contributed by atoms with Gasteiger partial charge in [-0.1, -0.05) is 30.3 Å². The second kappa shape index (κ2) is 8.20. The molecule has 0 radical (unpaired) electrons. The third-order valence-corrected chi connectivity index (χ3v) is 5.80. The number of nitrogens with zero attached hydrogens (tertiary/aromatic N) is 4. The third-order valence-electron chi connectivity index (χ3n) is 5.80. The first kappa shape index (κ1) is 18.8. The molecule has 1 saturated carbocycles. The number of urea groups is 1. The molecular formula is C21H29N5O2. The molecule has 1 aliphatic carbocycles. The summed E-state index contributed by atoms with van der Waals surface area (Å²) in [6, 6.07) is 10.7. The quantitative estimate of drug-likeness (QED) is 0.779. The van der Waals surface area contributed by atoms with Crippen molar-refractivity contribution in [2.75, 3.05) is 19.6 Å². The van der Waals surface area contributed by atoms with Gasteiger partial charge in [-0.25, -0.2) is 14.3 Å². The van der Waals surface area contributed by atoms with Crippen molar-refractivity contribution in [2.45, 2.75) is 50.5 Å². The maximum Gasteiger partial charge on any atom is 0.345 e. The van der Waals surface area contributed by atoms with E-state index in [-0.39, 0.29) is 17.6 Å². The molecule has 2 aromatic rings. The van der Waals surface area contributed by atoms with Crippen molar-refractivity contribution in [1.82, 2.24) is 24.6 Å². The van der Waals surface area contributed by atoms with Gasteiger partial charge in [-0.3, -0.25) is 4.57 Å². The Morgan fingerprint density at radius 2 is 1.86 bits per heavy atom. The number of benzene rings is 1. The summed E-state index contributed by atoms with van der Waals surface area (Å²) in [5.41, 5.74) is 1.30. The molecule has 28 heavy (non-hydrogen) atoms. The summed E-state index contributed by atoms with van der Waals surface area (Å²) >= 11 is 0. The summed E-state index contributed by atoms with van der Waals surface area (Å²) in [4.78, 5) is 26.7. The van der Waals surface area contributed by atoms with Crippen LogP contribution in [0.4, 0.5) is 4.79 Å². The van der Waals surface area contributed by atoms with Crippen LogP contribution in [0.25, 0.3) is 0 Å². The molecule has 7 heteroatoms. The number of rotatable bonds is 6. The Labute approximate surface area is 165 Å². The first-order valence-corrected chi connectivity index (χ1v) is 10.4. The van der Waals surface area contributed by atoms with Crippen LogP contribution >= 0.6 is 0 Å². The van der Waals surface area contributed by atoms with E-state index in [4.69, 9.17) is 0 Å². The Morgan fingerprint density at radius 1 is 1.14 bits per heavy atom. The highest BCUT2D eigenvalue weighted by atomic mass is 16.2. The van der Waals surface area contributed by atoms with Gasteiger partial charge in [-0.2, -0.15) is 5.10 Å². The summed E-state index contributed by atoms with van der Waals surface area (Å²) in [5.74, 6) is 1.18. The second-order valence-electron chi connectivity index (χ2n) is 7.95. The van der Waals surface area contributed by atoms with Crippen LogP contribution in [-0.4, -0.2) is 44.9 Å². The van der Waals surface area contributed by atoms with Crippen LogP contribution < -0.4 is 11.0 Å². The number of amides is 2. The van der Waals surface area contributed by atoms with Crippen LogP contribution in [-0.2, 0) is 13.5 Å². The average molecular weight is 383 g/mol. The second-order valence-corrected chi connectivity index (χ2v) is 7.95. The lowest BCUT2D eigenvalue weighted by molar-refractivity contribution is 0.179. The van der Waals surface area contributed by atoms with Gasteiger partial charge in [0.15, 0.2) is 0 Å². The predicted molar refractivity (Wildman–Crippen MR) is 107 cm³/mol. The van der Waals surface area contributed by atoms with E-state index in [0.29, 0.717) is 25.7 Å². The van der Waals surface area contributed by atoms with Gasteiger partial charge in [0.2, 0.25) is 0 Å². The molecule has 2 heterocycles. The van der Waals surface area contributed by atoms with Crippen molar-refractivity contribution in [3.63, 3.8) is 0 Å². The monoisotopic (exact) mass is 383 g/mol. The molecule has 1 aromatic carbocycles. The molecule has 150 valence electrons. The predicted octanol–water partition coefficient (Wildman–Crippen LogP) is 2.44. The number of carbonyl (C=O) groups is 1. The lowest BCUT2D eigenvalue weighted by Gasteiger charge is -2.31. The van der Waals surface area contributed by atoms with Gasteiger partial charge in [0, 0.05) is 38.6 Å². The van der Waals surface area contributed by atoms with Gasteiger partial charge in [0.1, 0.15) is 5.82 Å². The molecule has 0 unspecified atom stereocenters. The van der Waals surface area contributed by atoms with E-state index in [1.165, 1.54) is 10.2 Å². The maximum absolute atomic E-state index is 12.4. The fourth-order valence-corrected chi connectivity index (χ4v) is 4.04. The molecule has 1 aromatic heterocycles. The third kappa shape index (κ3) is 4.13. The molecule has 0 atom stereocenters. The number of nitrogens with one attached hydrogen (secondary N) is 1. The number of hydrogen-bond acceptors (Lipinski definition) is 3. The molecule has 2 aliphatic rings. The van der Waals surface area contributed by atoms with Crippen LogP contribution in [0.15, 0.2) is 35.1 Å². The zero-order valence-corrected chi connectivity index (χ0v) is 16.5. The number of likely N-dealkylation sites (tertiary alicyclic amines) is 1. The van der Waals surface area contributed by atoms with Gasteiger partial charge in [0.25, 0.3) is 0 Å². The molecule has 2 amide bonds. The van der Waals surface area contributed by atoms with E-state index >= 15 is 0 Å². The van der Waals surface area contributed by atoms with Gasteiger partial charge >= 0.3 is 11.7 Å². The summed E-state index contributed by atoms with van der Waals surface area (Å²) in [5, 5.41) is 7.54. The molecule has 1 saturated heterocycles. The summed E-state index contributed by atoms with van der Waals surface area (Å²) in [6.45, 7) is 2.12. The fraction of sp³-hybridized carbons (Fsp3) is 0.571. The highest BCUT2D eigenvalue weighted by molar-refractivity contribution is 5.74. The molecule has 4 rings (SSSR count). The molecular weight excluding hydrogens is 354 g/mol. The smallest absolute Gasteiger partial charge is 0.338 e. The molecule has 0 bridgehead atoms. The largest absolute Gasteiger partial charge is 0.345 e. The SMILES string of the molecule is Cn1nc(C2CCN(C(=O)NCCCc3ccccc3)CC2)n(C2CC2)c1=O. The first-order chi connectivity index (χ1) is 13.6. The van der Waals surface area contributed by atoms with E-state index in [9.17, 15) is 9.59 Å². The standard InChI is InChI=1S/C21H29N5O2/c1-24-21(28)26(18-9-10-18)19(23-24)17-11-14-25(15-12-17)20(27)22-13-5-8-16-6-3-2-4-7-16/h2-4,6-7,17-18H,5,8-15H2,1H3,(H,22,27). The zero-order chi connectivity index (χ0) is 19.5. The van der Waals surface area contributed by atoms with E-state index in [0.717, 1.165) is 44.3 Å². The van der Waals surface area contributed by atoms with Crippen LogP contribution in [0.3, 0.4) is 0 Å². The van der Waals surface area contributed by atoms with Crippen LogP contribution in [0.1, 0.15) is 55.5 Å². The number of aryl methyl sites for hydroxylation is 2. The van der Waals surface area contributed by atoms with Gasteiger partial charge in [0.05, 0.1) is 0 Å². The Bertz CT molecular complexity index is 861. The minimum Gasteiger partial charge on any atom is -0.338 e.